The summed E-state index contributed by atoms with van der Waals surface area (Å²) in [6, 6.07) is 106. The van der Waals surface area contributed by atoms with Crippen molar-refractivity contribution in [1.29, 1.82) is 0 Å². The van der Waals surface area contributed by atoms with E-state index >= 15 is 0 Å². The minimum atomic E-state index is -0.716. The highest BCUT2D eigenvalue weighted by Crippen LogP contribution is 2.63. The summed E-state index contributed by atoms with van der Waals surface area (Å²) in [6.07, 6.45) is 0. The van der Waals surface area contributed by atoms with Crippen molar-refractivity contribution in [2.45, 2.75) is 17.8 Å². The first-order valence-corrected chi connectivity index (χ1v) is 27.1. The van der Waals surface area contributed by atoms with Gasteiger partial charge in [-0.1, -0.05) is 267 Å². The maximum absolute atomic E-state index is 5.68. The van der Waals surface area contributed by atoms with Gasteiger partial charge in [0.2, 0.25) is 0 Å². The minimum Gasteiger partial charge on any atom is -0.308 e. The van der Waals surface area contributed by atoms with Crippen LogP contribution in [0.4, 0.5) is 34.1 Å². The Hall–Kier alpha value is -10.2. The summed E-state index contributed by atoms with van der Waals surface area (Å²) in [5.74, 6) is 1.73. The van der Waals surface area contributed by atoms with Crippen molar-refractivity contribution in [1.82, 2.24) is 15.0 Å². The number of nitrogens with zero attached hydrogens (tertiary/aromatic N) is 5. The van der Waals surface area contributed by atoms with Crippen molar-refractivity contribution in [3.05, 3.63) is 330 Å². The number of hydrogen-bond donors (Lipinski definition) is 0. The number of aromatic nitrogens is 3. The van der Waals surface area contributed by atoms with E-state index in [0.717, 1.165) is 77.9 Å². The molecule has 2 aliphatic heterocycles. The van der Waals surface area contributed by atoms with Crippen molar-refractivity contribution in [2.75, 3.05) is 9.80 Å². The Morgan fingerprint density at radius 2 is 0.658 bits per heavy atom. The molecule has 2 aliphatic rings. The number of hydrogen-bond acceptors (Lipinski definition) is 5. The van der Waals surface area contributed by atoms with Crippen molar-refractivity contribution < 1.29 is 0 Å². The molecular formula is C74H51N5. The fraction of sp³-hybridized carbons (Fsp3) is 0.0405. The lowest BCUT2D eigenvalue weighted by molar-refractivity contribution is 0.683. The zero-order valence-corrected chi connectivity index (χ0v) is 43.4. The maximum atomic E-state index is 5.68. The maximum Gasteiger partial charge on any atom is 0.168 e. The SMILES string of the molecule is CC1(c2ccccc2)c2ccccc2N(c2cccc(N3c4ccccc4C(c4ccccc4)(c4ccccc4)c4ccc5ccccc5c43)c2-c2nc(-c3ccccc3)nc(-c3ccccc3)n2)c2c1ccc1ccccc21. The van der Waals surface area contributed by atoms with Crippen LogP contribution in [-0.4, -0.2) is 15.0 Å². The molecule has 79 heavy (non-hydrogen) atoms. The zero-order chi connectivity index (χ0) is 52.5. The van der Waals surface area contributed by atoms with Gasteiger partial charge in [0, 0.05) is 27.3 Å². The topological polar surface area (TPSA) is 45.2 Å². The van der Waals surface area contributed by atoms with E-state index in [1.54, 1.807) is 0 Å². The van der Waals surface area contributed by atoms with Crippen molar-refractivity contribution in [3.63, 3.8) is 0 Å². The first-order chi connectivity index (χ1) is 39.1. The molecule has 15 rings (SSSR count). The van der Waals surface area contributed by atoms with Crippen LogP contribution in [-0.2, 0) is 10.8 Å². The second-order valence-electron chi connectivity index (χ2n) is 20.8. The van der Waals surface area contributed by atoms with Gasteiger partial charge in [-0.25, -0.2) is 15.0 Å². The highest BCUT2D eigenvalue weighted by atomic mass is 15.2. The largest absolute Gasteiger partial charge is 0.308 e. The number of para-hydroxylation sites is 2. The molecule has 0 spiro atoms. The highest BCUT2D eigenvalue weighted by molar-refractivity contribution is 6.10. The standard InChI is InChI=1S/C74H51N5/c1-73(54-32-11-4-12-33-54)59-40-21-23-42-63(59)78(68-57-38-19-17-26-50(57)46-48-61(68)73)65-44-25-45-66(67(65)72-76-70(52-28-7-2-8-29-52)75-71(77-72)53-30-9-3-10-31-53)79-64-43-24-22-41-60(64)74(55-34-13-5-14-35-55,56-36-15-6-16-37-56)62-49-47-51-27-18-20-39-58(51)69(62)79/h2-49H,1H3. The first kappa shape index (κ1) is 46.1. The molecule has 1 unspecified atom stereocenters. The second kappa shape index (κ2) is 18.5. The van der Waals surface area contributed by atoms with Crippen molar-refractivity contribution >= 4 is 55.7 Å². The molecule has 0 saturated heterocycles. The van der Waals surface area contributed by atoms with Crippen LogP contribution >= 0.6 is 0 Å². The van der Waals surface area contributed by atoms with Gasteiger partial charge < -0.3 is 9.80 Å². The van der Waals surface area contributed by atoms with E-state index < -0.39 is 10.8 Å². The molecule has 3 heterocycles. The van der Waals surface area contributed by atoms with Gasteiger partial charge in [0.1, 0.15) is 0 Å². The van der Waals surface area contributed by atoms with Crippen molar-refractivity contribution in [2.24, 2.45) is 0 Å². The van der Waals surface area contributed by atoms with Gasteiger partial charge in [0.25, 0.3) is 0 Å². The molecule has 0 N–H and O–H groups in total. The van der Waals surface area contributed by atoms with Crippen LogP contribution in [0.2, 0.25) is 0 Å². The lowest BCUT2D eigenvalue weighted by atomic mass is 9.62. The summed E-state index contributed by atoms with van der Waals surface area (Å²) >= 11 is 0. The Kier molecular flexibility index (Phi) is 10.8. The summed E-state index contributed by atoms with van der Waals surface area (Å²) in [5, 5.41) is 4.57. The number of benzene rings is 12. The van der Waals surface area contributed by atoms with Gasteiger partial charge in [-0.3, -0.25) is 0 Å². The van der Waals surface area contributed by atoms with E-state index in [1.807, 2.05) is 12.1 Å². The minimum absolute atomic E-state index is 0.526. The van der Waals surface area contributed by atoms with Crippen LogP contribution in [0.25, 0.3) is 55.7 Å². The van der Waals surface area contributed by atoms with Crippen molar-refractivity contribution in [3.8, 4) is 34.2 Å². The van der Waals surface area contributed by atoms with Gasteiger partial charge in [-0.2, -0.15) is 0 Å². The van der Waals surface area contributed by atoms with E-state index in [-0.39, 0.29) is 0 Å². The highest BCUT2D eigenvalue weighted by Gasteiger charge is 2.48. The molecule has 1 aromatic heterocycles. The molecule has 5 nitrogen and oxygen atoms in total. The Bertz CT molecular complexity index is 4350. The van der Waals surface area contributed by atoms with Gasteiger partial charge in [-0.15, -0.1) is 0 Å². The number of rotatable bonds is 8. The third-order valence-corrected chi connectivity index (χ3v) is 16.6. The van der Waals surface area contributed by atoms with E-state index in [9.17, 15) is 0 Å². The third-order valence-electron chi connectivity index (χ3n) is 16.6. The molecule has 0 radical (unpaired) electrons. The summed E-state index contributed by atoms with van der Waals surface area (Å²) in [7, 11) is 0. The molecular weight excluding hydrogens is 959 g/mol. The average molecular weight is 1010 g/mol. The number of anilines is 6. The molecule has 12 aromatic carbocycles. The van der Waals surface area contributed by atoms with Gasteiger partial charge in [-0.05, 0) is 80.9 Å². The van der Waals surface area contributed by atoms with Crippen LogP contribution < -0.4 is 9.80 Å². The molecule has 372 valence electrons. The molecule has 5 heteroatoms. The van der Waals surface area contributed by atoms with Gasteiger partial charge in [0.15, 0.2) is 17.5 Å². The van der Waals surface area contributed by atoms with Crippen LogP contribution in [0, 0.1) is 0 Å². The zero-order valence-electron chi connectivity index (χ0n) is 43.4. The summed E-state index contributed by atoms with van der Waals surface area (Å²) < 4.78 is 0. The normalized spacial score (nSPS) is 15.0. The first-order valence-electron chi connectivity index (χ1n) is 27.1. The monoisotopic (exact) mass is 1010 g/mol. The predicted octanol–water partition coefficient (Wildman–Crippen LogP) is 18.5. The summed E-state index contributed by atoms with van der Waals surface area (Å²) in [5.41, 5.74) is 15.9. The molecule has 0 fully saturated rings. The van der Waals surface area contributed by atoms with Crippen LogP contribution in [0.3, 0.4) is 0 Å². The lowest BCUT2D eigenvalue weighted by Gasteiger charge is -2.48. The van der Waals surface area contributed by atoms with E-state index in [4.69, 9.17) is 15.0 Å². The smallest absolute Gasteiger partial charge is 0.168 e. The summed E-state index contributed by atoms with van der Waals surface area (Å²) in [4.78, 5) is 21.7. The van der Waals surface area contributed by atoms with Gasteiger partial charge >= 0.3 is 0 Å². The summed E-state index contributed by atoms with van der Waals surface area (Å²) in [6.45, 7) is 2.39. The van der Waals surface area contributed by atoms with Crippen LogP contribution in [0.1, 0.15) is 45.9 Å². The number of fused-ring (bicyclic) bond motifs is 8. The van der Waals surface area contributed by atoms with E-state index in [2.05, 4.69) is 296 Å². The fourth-order valence-corrected chi connectivity index (χ4v) is 13.1. The Morgan fingerprint density at radius 1 is 0.278 bits per heavy atom. The molecule has 1 atom stereocenters. The quantitative estimate of drug-likeness (QED) is 0.152. The molecule has 0 saturated carbocycles. The molecule has 0 bridgehead atoms. The Morgan fingerprint density at radius 3 is 1.19 bits per heavy atom. The lowest BCUT2D eigenvalue weighted by Crippen LogP contribution is -2.38. The van der Waals surface area contributed by atoms with Crippen LogP contribution in [0.5, 0.6) is 0 Å². The van der Waals surface area contributed by atoms with Crippen LogP contribution in [0.15, 0.2) is 291 Å². The molecule has 13 aromatic rings. The van der Waals surface area contributed by atoms with E-state index in [0.29, 0.717) is 17.5 Å². The molecule has 0 aliphatic carbocycles. The Balaban J connectivity index is 1.12. The second-order valence-corrected chi connectivity index (χ2v) is 20.8. The predicted molar refractivity (Wildman–Crippen MR) is 324 cm³/mol. The van der Waals surface area contributed by atoms with E-state index in [1.165, 1.54) is 33.4 Å². The third kappa shape index (κ3) is 7.06. The Labute approximate surface area is 460 Å². The average Bonchev–Trinajstić information content (AvgIpc) is 3.71. The fourth-order valence-electron chi connectivity index (χ4n) is 13.1. The molecule has 0 amide bonds. The van der Waals surface area contributed by atoms with Gasteiger partial charge in [0.05, 0.1) is 45.1 Å².